The number of nitrogens with zero attached hydrogens (tertiary/aromatic N) is 1. The lowest BCUT2D eigenvalue weighted by Crippen LogP contribution is -2.28. The van der Waals surface area contributed by atoms with Gasteiger partial charge < -0.3 is 39.2 Å². The summed E-state index contributed by atoms with van der Waals surface area (Å²) >= 11 is 0. The van der Waals surface area contributed by atoms with Crippen LogP contribution in [-0.4, -0.2) is 97.4 Å². The van der Waals surface area contributed by atoms with Crippen molar-refractivity contribution in [1.29, 1.82) is 0 Å². The molecule has 0 aromatic heterocycles. The highest BCUT2D eigenvalue weighted by Crippen LogP contribution is 2.46. The molecule has 434 valence electrons. The van der Waals surface area contributed by atoms with Crippen molar-refractivity contribution < 1.29 is 43.9 Å². The van der Waals surface area contributed by atoms with Crippen molar-refractivity contribution in [3.63, 3.8) is 0 Å². The van der Waals surface area contributed by atoms with E-state index in [2.05, 4.69) is 32.6 Å². The van der Waals surface area contributed by atoms with Crippen molar-refractivity contribution >= 4 is 11.9 Å². The van der Waals surface area contributed by atoms with Gasteiger partial charge in [0.25, 0.3) is 0 Å². The van der Waals surface area contributed by atoms with Crippen LogP contribution in [0.15, 0.2) is 0 Å². The topological polar surface area (TPSA) is 135 Å². The minimum Gasteiger partial charge on any atom is -0.481 e. The monoisotopic (exact) mass is 1050 g/mol. The van der Waals surface area contributed by atoms with E-state index in [1.54, 1.807) is 0 Å². The fourth-order valence-electron chi connectivity index (χ4n) is 12.2. The van der Waals surface area contributed by atoms with Crippen molar-refractivity contribution in [3.05, 3.63) is 0 Å². The van der Waals surface area contributed by atoms with E-state index < -0.39 is 36.4 Å². The zero-order valence-electron chi connectivity index (χ0n) is 48.7. The first-order chi connectivity index (χ1) is 36.2. The molecule has 4 saturated carbocycles. The van der Waals surface area contributed by atoms with E-state index >= 15 is 0 Å². The Morgan fingerprint density at radius 2 is 0.676 bits per heavy atom. The summed E-state index contributed by atoms with van der Waals surface area (Å²) in [5.74, 6) is 3.13. The maximum Gasteiger partial charge on any atom is 0.306 e. The van der Waals surface area contributed by atoms with Crippen molar-refractivity contribution in [2.45, 2.75) is 284 Å². The lowest BCUT2D eigenvalue weighted by atomic mass is 9.97. The molecular formula is C64H119NO9. The summed E-state index contributed by atoms with van der Waals surface area (Å²) in [5.41, 5.74) is 0. The molecule has 0 saturated heterocycles. The molecule has 10 atom stereocenters. The van der Waals surface area contributed by atoms with Crippen LogP contribution in [0.4, 0.5) is 0 Å². The van der Waals surface area contributed by atoms with Crippen LogP contribution in [0.3, 0.4) is 0 Å². The van der Waals surface area contributed by atoms with Gasteiger partial charge in [-0.25, -0.2) is 0 Å². The second kappa shape index (κ2) is 40.8. The van der Waals surface area contributed by atoms with Crippen LogP contribution in [-0.2, 0) is 28.5 Å². The van der Waals surface area contributed by atoms with Gasteiger partial charge in [-0.1, -0.05) is 195 Å². The van der Waals surface area contributed by atoms with Gasteiger partial charge in [-0.3, -0.25) is 9.59 Å². The molecule has 4 aliphatic rings. The fraction of sp³-hybridized carbons (Fsp3) is 0.969. The number of ether oxygens (including phenoxy) is 4. The molecule has 10 heteroatoms. The Bertz CT molecular complexity index is 1230. The molecule has 0 radical (unpaired) electrons. The molecule has 4 aliphatic carbocycles. The van der Waals surface area contributed by atoms with Crippen molar-refractivity contribution in [2.75, 3.05) is 52.7 Å². The standard InChI is InChI=1S/C64H119NO9/c1-5-9-13-21-31-51-41-57(51)47-71-61(72-48-58-42-52(58)32-22-14-10-6-2)45-55(63(67)68)35-25-17-19-27-37-65(39-29-30-40-66)38-28-20-18-26-36-56(64(69)70)46-62(73-49-59-43-53(59)33-23-15-11-7-3)74-50-60-44-54(60)34-24-16-12-8-4/h51-62,66H,5-50H2,1-4H3,(H,67,68)(H,69,70). The van der Waals surface area contributed by atoms with Crippen molar-refractivity contribution in [2.24, 2.45) is 59.2 Å². The third-order valence-corrected chi connectivity index (χ3v) is 18.1. The Kier molecular flexibility index (Phi) is 36.0. The number of carboxylic acid groups (broad SMARTS) is 2. The molecule has 0 bridgehead atoms. The van der Waals surface area contributed by atoms with Crippen LogP contribution in [0.1, 0.15) is 272 Å². The van der Waals surface area contributed by atoms with E-state index in [9.17, 15) is 24.9 Å². The van der Waals surface area contributed by atoms with E-state index in [0.29, 0.717) is 75.8 Å². The van der Waals surface area contributed by atoms with Gasteiger partial charge in [-0.15, -0.1) is 0 Å². The number of hydrogen-bond donors (Lipinski definition) is 3. The molecule has 4 rings (SSSR count). The average Bonchev–Trinajstić information content (AvgIpc) is 4.21. The third kappa shape index (κ3) is 30.7. The first kappa shape index (κ1) is 65.2. The molecule has 0 aromatic rings. The van der Waals surface area contributed by atoms with Gasteiger partial charge in [0.1, 0.15) is 0 Å². The number of aliphatic hydroxyl groups is 1. The smallest absolute Gasteiger partial charge is 0.306 e. The number of hydrogen-bond acceptors (Lipinski definition) is 8. The number of aliphatic carboxylic acids is 2. The highest BCUT2D eigenvalue weighted by Gasteiger charge is 2.41. The van der Waals surface area contributed by atoms with E-state index in [1.807, 2.05) is 0 Å². The Morgan fingerprint density at radius 1 is 0.392 bits per heavy atom. The number of unbranched alkanes of at least 4 members (excludes halogenated alkanes) is 19. The summed E-state index contributed by atoms with van der Waals surface area (Å²) in [6, 6.07) is 0. The number of carboxylic acids is 2. The van der Waals surface area contributed by atoms with E-state index in [-0.39, 0.29) is 6.61 Å². The first-order valence-electron chi connectivity index (χ1n) is 32.4. The number of aliphatic hydroxyl groups excluding tert-OH is 1. The lowest BCUT2D eigenvalue weighted by molar-refractivity contribution is -0.168. The van der Waals surface area contributed by atoms with Gasteiger partial charge in [-0.2, -0.15) is 0 Å². The first-order valence-corrected chi connectivity index (χ1v) is 32.4. The summed E-state index contributed by atoms with van der Waals surface area (Å²) < 4.78 is 25.8. The Morgan fingerprint density at radius 3 is 0.959 bits per heavy atom. The summed E-state index contributed by atoms with van der Waals surface area (Å²) in [7, 11) is 0. The summed E-state index contributed by atoms with van der Waals surface area (Å²) in [6.45, 7) is 15.1. The molecule has 4 fully saturated rings. The van der Waals surface area contributed by atoms with Gasteiger partial charge in [-0.05, 0) is 131 Å². The molecule has 0 amide bonds. The molecule has 0 aliphatic heterocycles. The number of carbonyl (C=O) groups is 2. The van der Waals surface area contributed by atoms with Crippen LogP contribution in [0, 0.1) is 59.2 Å². The normalized spacial score (nSPS) is 24.5. The van der Waals surface area contributed by atoms with E-state index in [4.69, 9.17) is 18.9 Å². The average molecular weight is 1050 g/mol. The van der Waals surface area contributed by atoms with Gasteiger partial charge in [0, 0.05) is 19.4 Å². The Hall–Kier alpha value is -1.30. The maximum absolute atomic E-state index is 12.6. The minimum atomic E-state index is -0.723. The lowest BCUT2D eigenvalue weighted by Gasteiger charge is -2.23. The van der Waals surface area contributed by atoms with Crippen LogP contribution in [0.25, 0.3) is 0 Å². The van der Waals surface area contributed by atoms with Gasteiger partial charge in [0.15, 0.2) is 12.6 Å². The highest BCUT2D eigenvalue weighted by atomic mass is 16.7. The summed E-state index contributed by atoms with van der Waals surface area (Å²) in [5, 5.41) is 30.2. The molecule has 0 aromatic carbocycles. The summed E-state index contributed by atoms with van der Waals surface area (Å²) in [6.07, 6.45) is 42.3. The van der Waals surface area contributed by atoms with Gasteiger partial charge in [0.05, 0.1) is 38.3 Å². The third-order valence-electron chi connectivity index (χ3n) is 18.1. The second-order valence-corrected chi connectivity index (χ2v) is 24.8. The highest BCUT2D eigenvalue weighted by molar-refractivity contribution is 5.70. The Balaban J connectivity index is 1.14. The molecule has 74 heavy (non-hydrogen) atoms. The van der Waals surface area contributed by atoms with E-state index in [0.717, 1.165) is 108 Å². The van der Waals surface area contributed by atoms with Crippen LogP contribution in [0.2, 0.25) is 0 Å². The van der Waals surface area contributed by atoms with Crippen LogP contribution < -0.4 is 0 Å². The predicted molar refractivity (Wildman–Crippen MR) is 303 cm³/mol. The van der Waals surface area contributed by atoms with Gasteiger partial charge in [0.2, 0.25) is 0 Å². The molecule has 10 nitrogen and oxygen atoms in total. The summed E-state index contributed by atoms with van der Waals surface area (Å²) in [4.78, 5) is 27.8. The van der Waals surface area contributed by atoms with Crippen molar-refractivity contribution in [3.8, 4) is 0 Å². The van der Waals surface area contributed by atoms with Crippen molar-refractivity contribution in [1.82, 2.24) is 4.90 Å². The van der Waals surface area contributed by atoms with Gasteiger partial charge >= 0.3 is 11.9 Å². The molecule has 0 spiro atoms. The zero-order chi connectivity index (χ0) is 53.0. The second-order valence-electron chi connectivity index (χ2n) is 24.8. The predicted octanol–water partition coefficient (Wildman–Crippen LogP) is 16.3. The van der Waals surface area contributed by atoms with Crippen LogP contribution >= 0.6 is 0 Å². The molecule has 3 N–H and O–H groups in total. The largest absolute Gasteiger partial charge is 0.481 e. The number of rotatable bonds is 56. The minimum absolute atomic E-state index is 0.220. The Labute approximate surface area is 455 Å². The SMILES string of the molecule is CCCCCCC1CC1COC(CC(CCCCCCN(CCCCO)CCCCCCC(CC(OCC1CC1CCCCCC)OCC1CC1CCCCCC)C(=O)O)C(=O)O)OCC1CC1CCCCCC. The maximum atomic E-state index is 12.6. The molecular weight excluding hydrogens is 927 g/mol. The van der Waals surface area contributed by atoms with Crippen LogP contribution in [0.5, 0.6) is 0 Å². The molecule has 10 unspecified atom stereocenters. The zero-order valence-corrected chi connectivity index (χ0v) is 48.7. The fourth-order valence-corrected chi connectivity index (χ4v) is 12.2. The van der Waals surface area contributed by atoms with E-state index in [1.165, 1.54) is 154 Å². The quantitative estimate of drug-likeness (QED) is 0.0399. The molecule has 0 heterocycles.